The number of aryl methyl sites for hydroxylation is 1. The Kier molecular flexibility index (Phi) is 4.45. The highest BCUT2D eigenvalue weighted by molar-refractivity contribution is 6.04. The van der Waals surface area contributed by atoms with Crippen LogP contribution in [0.2, 0.25) is 0 Å². The Morgan fingerprint density at radius 3 is 2.71 bits per heavy atom. The van der Waals surface area contributed by atoms with E-state index < -0.39 is 0 Å². The number of hydrogen-bond acceptors (Lipinski definition) is 5. The lowest BCUT2D eigenvalue weighted by atomic mass is 9.94. The average Bonchev–Trinajstić information content (AvgIpc) is 3.39. The van der Waals surface area contributed by atoms with Gasteiger partial charge in [-0.1, -0.05) is 23.4 Å². The number of nitrogens with zero attached hydrogens (tertiary/aromatic N) is 2. The molecule has 3 aromatic rings. The molecule has 0 amide bonds. The van der Waals surface area contributed by atoms with Crippen LogP contribution in [0.5, 0.6) is 0 Å². The summed E-state index contributed by atoms with van der Waals surface area (Å²) >= 11 is 0. The minimum Gasteiger partial charge on any atom is -0.460 e. The van der Waals surface area contributed by atoms with Crippen molar-refractivity contribution in [2.24, 2.45) is 5.16 Å². The number of benzene rings is 1. The number of hydrogen-bond donors (Lipinski definition) is 2. The van der Waals surface area contributed by atoms with Crippen molar-refractivity contribution in [3.63, 3.8) is 0 Å². The molecule has 0 saturated carbocycles. The third-order valence-electron chi connectivity index (χ3n) is 5.87. The Bertz CT molecular complexity index is 1020. The molecule has 1 aliphatic heterocycles. The lowest BCUT2D eigenvalue weighted by Gasteiger charge is -2.20. The van der Waals surface area contributed by atoms with Gasteiger partial charge in [0, 0.05) is 41.5 Å². The first-order valence-electron chi connectivity index (χ1n) is 9.93. The second kappa shape index (κ2) is 7.24. The molecule has 0 spiro atoms. The van der Waals surface area contributed by atoms with Crippen LogP contribution in [0.3, 0.4) is 0 Å². The summed E-state index contributed by atoms with van der Waals surface area (Å²) in [5.74, 6) is 2.36. The van der Waals surface area contributed by atoms with Gasteiger partial charge < -0.3 is 14.9 Å². The minimum atomic E-state index is 0.408. The molecule has 1 fully saturated rings. The van der Waals surface area contributed by atoms with Gasteiger partial charge in [0.2, 0.25) is 0 Å². The molecule has 28 heavy (non-hydrogen) atoms. The van der Waals surface area contributed by atoms with Crippen LogP contribution in [0.1, 0.15) is 42.1 Å². The van der Waals surface area contributed by atoms with Crippen LogP contribution in [0.25, 0.3) is 22.5 Å². The van der Waals surface area contributed by atoms with Gasteiger partial charge in [-0.25, -0.2) is 0 Å². The predicted molar refractivity (Wildman–Crippen MR) is 109 cm³/mol. The Labute approximate surface area is 164 Å². The van der Waals surface area contributed by atoms with Gasteiger partial charge in [0.15, 0.2) is 0 Å². The Hall–Kier alpha value is -2.92. The zero-order chi connectivity index (χ0) is 18.9. The molecule has 2 aromatic heterocycles. The summed E-state index contributed by atoms with van der Waals surface area (Å²) < 4.78 is 6.42. The molecule has 1 unspecified atom stereocenters. The molecular formula is C23H23N3O2. The van der Waals surface area contributed by atoms with Gasteiger partial charge in [0.25, 0.3) is 0 Å². The first kappa shape index (κ1) is 17.2. The fraction of sp³-hybridized carbons (Fsp3) is 0.304. The van der Waals surface area contributed by atoms with Crippen molar-refractivity contribution in [3.05, 3.63) is 65.7 Å². The maximum Gasteiger partial charge on any atom is 0.142 e. The van der Waals surface area contributed by atoms with Crippen molar-refractivity contribution < 1.29 is 9.62 Å². The van der Waals surface area contributed by atoms with E-state index in [0.29, 0.717) is 5.92 Å². The number of nitrogens with one attached hydrogen (secondary N) is 1. The quantitative estimate of drug-likeness (QED) is 0.520. The highest BCUT2D eigenvalue weighted by Gasteiger charge is 2.24. The van der Waals surface area contributed by atoms with Crippen LogP contribution >= 0.6 is 0 Å². The minimum absolute atomic E-state index is 0.408. The predicted octanol–water partition coefficient (Wildman–Crippen LogP) is 4.60. The number of aromatic nitrogens is 1. The van der Waals surface area contributed by atoms with Crippen LogP contribution in [-0.4, -0.2) is 29.0 Å². The van der Waals surface area contributed by atoms with Crippen molar-refractivity contribution in [1.82, 2.24) is 10.3 Å². The first-order chi connectivity index (χ1) is 13.8. The topological polar surface area (TPSA) is 70.7 Å². The summed E-state index contributed by atoms with van der Waals surface area (Å²) in [7, 11) is 0. The molecule has 5 heteroatoms. The fourth-order valence-corrected chi connectivity index (χ4v) is 4.38. The third kappa shape index (κ3) is 3.02. The van der Waals surface area contributed by atoms with E-state index >= 15 is 0 Å². The van der Waals surface area contributed by atoms with Crippen LogP contribution < -0.4 is 5.32 Å². The second-order valence-corrected chi connectivity index (χ2v) is 7.59. The van der Waals surface area contributed by atoms with E-state index in [0.717, 1.165) is 71.8 Å². The average molecular weight is 373 g/mol. The molecular weight excluding hydrogens is 350 g/mol. The normalized spacial score (nSPS) is 20.4. The Morgan fingerprint density at radius 2 is 1.93 bits per heavy atom. The van der Waals surface area contributed by atoms with E-state index in [2.05, 4.69) is 39.7 Å². The maximum absolute atomic E-state index is 9.20. The summed E-state index contributed by atoms with van der Waals surface area (Å²) in [5, 5.41) is 16.1. The van der Waals surface area contributed by atoms with Crippen LogP contribution in [0.4, 0.5) is 0 Å². The largest absolute Gasteiger partial charge is 0.460 e. The van der Waals surface area contributed by atoms with E-state index in [1.54, 1.807) is 12.4 Å². The molecule has 5 nitrogen and oxygen atoms in total. The van der Waals surface area contributed by atoms with Gasteiger partial charge >= 0.3 is 0 Å². The molecule has 1 atom stereocenters. The zero-order valence-corrected chi connectivity index (χ0v) is 15.7. The molecule has 0 bridgehead atoms. The van der Waals surface area contributed by atoms with Crippen molar-refractivity contribution in [2.45, 2.75) is 31.6 Å². The lowest BCUT2D eigenvalue weighted by Crippen LogP contribution is -2.28. The van der Waals surface area contributed by atoms with Gasteiger partial charge in [-0.3, -0.25) is 4.98 Å². The van der Waals surface area contributed by atoms with E-state index in [1.807, 2.05) is 12.1 Å². The smallest absolute Gasteiger partial charge is 0.142 e. The standard InChI is InChI=1S/C23H23N3O2/c27-26-21-6-4-16-12-17(3-5-19(16)21)20-13-22(18-2-1-9-25-14-18)28-23(20)15-7-10-24-11-8-15/h3,5,7-8,10-13,18,25,27H,1-2,4,6,9,14H2/b26-21-. The monoisotopic (exact) mass is 373 g/mol. The SMILES string of the molecule is O/N=C1/CCc2cc(-c3cc(C4CCCNC4)oc3-c3ccncc3)ccc21. The van der Waals surface area contributed by atoms with Crippen molar-refractivity contribution in [1.29, 1.82) is 0 Å². The number of furan rings is 1. The summed E-state index contributed by atoms with van der Waals surface area (Å²) in [5.41, 5.74) is 6.35. The maximum atomic E-state index is 9.20. The van der Waals surface area contributed by atoms with Crippen LogP contribution in [-0.2, 0) is 6.42 Å². The second-order valence-electron chi connectivity index (χ2n) is 7.59. The number of oxime groups is 1. The summed E-state index contributed by atoms with van der Waals surface area (Å²) in [6, 6.07) is 12.6. The summed E-state index contributed by atoms with van der Waals surface area (Å²) in [6.45, 7) is 2.05. The van der Waals surface area contributed by atoms with Crippen LogP contribution in [0.15, 0.2) is 58.4 Å². The molecule has 0 radical (unpaired) electrons. The third-order valence-corrected chi connectivity index (χ3v) is 5.87. The summed E-state index contributed by atoms with van der Waals surface area (Å²) in [4.78, 5) is 4.15. The molecule has 5 rings (SSSR count). The molecule has 1 aromatic carbocycles. The number of fused-ring (bicyclic) bond motifs is 1. The van der Waals surface area contributed by atoms with E-state index in [-0.39, 0.29) is 0 Å². The highest BCUT2D eigenvalue weighted by Crippen LogP contribution is 2.40. The van der Waals surface area contributed by atoms with Gasteiger partial charge in [-0.15, -0.1) is 0 Å². The van der Waals surface area contributed by atoms with Crippen molar-refractivity contribution in [3.8, 4) is 22.5 Å². The molecule has 1 aliphatic carbocycles. The summed E-state index contributed by atoms with van der Waals surface area (Å²) in [6.07, 6.45) is 7.62. The molecule has 2 N–H and O–H groups in total. The zero-order valence-electron chi connectivity index (χ0n) is 15.7. The number of pyridine rings is 1. The number of piperidine rings is 1. The Morgan fingerprint density at radius 1 is 1.04 bits per heavy atom. The van der Waals surface area contributed by atoms with Gasteiger partial charge in [0.05, 0.1) is 5.71 Å². The molecule has 142 valence electrons. The van der Waals surface area contributed by atoms with E-state index in [1.165, 1.54) is 12.0 Å². The van der Waals surface area contributed by atoms with Crippen LogP contribution in [0, 0.1) is 0 Å². The first-order valence-corrected chi connectivity index (χ1v) is 9.93. The van der Waals surface area contributed by atoms with E-state index in [9.17, 15) is 5.21 Å². The van der Waals surface area contributed by atoms with Crippen molar-refractivity contribution >= 4 is 5.71 Å². The lowest BCUT2D eigenvalue weighted by molar-refractivity contribution is 0.318. The Balaban J connectivity index is 1.61. The van der Waals surface area contributed by atoms with Gasteiger partial charge in [-0.2, -0.15) is 0 Å². The molecule has 1 saturated heterocycles. The van der Waals surface area contributed by atoms with Gasteiger partial charge in [0.1, 0.15) is 11.5 Å². The highest BCUT2D eigenvalue weighted by atomic mass is 16.4. The molecule has 3 heterocycles. The fourth-order valence-electron chi connectivity index (χ4n) is 4.38. The van der Waals surface area contributed by atoms with Gasteiger partial charge in [-0.05, 0) is 61.6 Å². The molecule has 2 aliphatic rings. The number of rotatable bonds is 3. The van der Waals surface area contributed by atoms with Crippen molar-refractivity contribution in [2.75, 3.05) is 13.1 Å². The van der Waals surface area contributed by atoms with E-state index in [4.69, 9.17) is 4.42 Å².